The Balaban J connectivity index is 2.11. The fraction of sp³-hybridized carbons (Fsp3) is 0.462. The van der Waals surface area contributed by atoms with Crippen LogP contribution in [-0.2, 0) is 4.74 Å². The van der Waals surface area contributed by atoms with E-state index in [-0.39, 0.29) is 17.7 Å². The molecule has 0 radical (unpaired) electrons. The Bertz CT molecular complexity index is 623. The van der Waals surface area contributed by atoms with E-state index in [1.807, 2.05) is 6.92 Å². The second-order valence-electron chi connectivity index (χ2n) is 4.87. The van der Waals surface area contributed by atoms with Crippen molar-refractivity contribution in [1.82, 2.24) is 15.0 Å². The second kappa shape index (κ2) is 4.62. The molecule has 2 aromatic rings. The first-order valence-electron chi connectivity index (χ1n) is 6.35. The molecule has 0 aliphatic carbocycles. The number of rotatable bonds is 2. The van der Waals surface area contributed by atoms with Gasteiger partial charge in [-0.25, -0.2) is 9.48 Å². The lowest BCUT2D eigenvalue weighted by molar-refractivity contribution is 0.00404. The van der Waals surface area contributed by atoms with Crippen LogP contribution in [-0.4, -0.2) is 38.8 Å². The van der Waals surface area contributed by atoms with E-state index in [4.69, 9.17) is 4.74 Å². The first kappa shape index (κ1) is 12.1. The Morgan fingerprint density at radius 3 is 3.11 bits per heavy atom. The first-order valence-corrected chi connectivity index (χ1v) is 6.35. The SMILES string of the molecule is CC1CC(n2nnc3cccc(C(=O)O)c32)CCO1. The molecule has 3 rings (SSSR count). The lowest BCUT2D eigenvalue weighted by Gasteiger charge is -2.27. The maximum atomic E-state index is 11.3. The van der Waals surface area contributed by atoms with Crippen molar-refractivity contribution in [3.05, 3.63) is 23.8 Å². The summed E-state index contributed by atoms with van der Waals surface area (Å²) in [6.07, 6.45) is 1.82. The molecule has 2 unspecified atom stereocenters. The van der Waals surface area contributed by atoms with Crippen molar-refractivity contribution < 1.29 is 14.6 Å². The van der Waals surface area contributed by atoms with Gasteiger partial charge in [-0.3, -0.25) is 0 Å². The van der Waals surface area contributed by atoms with Gasteiger partial charge in [-0.2, -0.15) is 0 Å². The Morgan fingerprint density at radius 1 is 1.53 bits per heavy atom. The summed E-state index contributed by atoms with van der Waals surface area (Å²) in [6.45, 7) is 2.69. The lowest BCUT2D eigenvalue weighted by atomic mass is 10.0. The molecule has 2 atom stereocenters. The number of ether oxygens (including phenoxy) is 1. The topological polar surface area (TPSA) is 77.2 Å². The van der Waals surface area contributed by atoms with Crippen LogP contribution in [0.1, 0.15) is 36.2 Å². The molecule has 6 nitrogen and oxygen atoms in total. The maximum absolute atomic E-state index is 11.3. The maximum Gasteiger partial charge on any atom is 0.337 e. The monoisotopic (exact) mass is 261 g/mol. The number of fused-ring (bicyclic) bond motifs is 1. The van der Waals surface area contributed by atoms with Crippen LogP contribution in [0.15, 0.2) is 18.2 Å². The van der Waals surface area contributed by atoms with Gasteiger partial charge in [0.2, 0.25) is 0 Å². The van der Waals surface area contributed by atoms with Gasteiger partial charge in [0.1, 0.15) is 11.0 Å². The van der Waals surface area contributed by atoms with Gasteiger partial charge in [-0.1, -0.05) is 11.3 Å². The number of aromatic carboxylic acids is 1. The standard InChI is InChI=1S/C13H15N3O3/c1-8-7-9(5-6-19-8)16-12-10(13(17)18)3-2-4-11(12)14-15-16/h2-4,8-9H,5-7H2,1H3,(H,17,18). The lowest BCUT2D eigenvalue weighted by Crippen LogP contribution is -2.26. The summed E-state index contributed by atoms with van der Waals surface area (Å²) in [6, 6.07) is 5.22. The van der Waals surface area contributed by atoms with Gasteiger partial charge in [-0.05, 0) is 31.9 Å². The van der Waals surface area contributed by atoms with Crippen molar-refractivity contribution in [2.45, 2.75) is 31.9 Å². The van der Waals surface area contributed by atoms with E-state index in [2.05, 4.69) is 10.3 Å². The summed E-state index contributed by atoms with van der Waals surface area (Å²) in [5, 5.41) is 17.5. The van der Waals surface area contributed by atoms with Crippen molar-refractivity contribution >= 4 is 17.0 Å². The molecule has 2 heterocycles. The van der Waals surface area contributed by atoms with Crippen LogP contribution in [0.3, 0.4) is 0 Å². The number of aromatic nitrogens is 3. The number of benzene rings is 1. The van der Waals surface area contributed by atoms with E-state index in [9.17, 15) is 9.90 Å². The predicted octanol–water partition coefficient (Wildman–Crippen LogP) is 1.87. The minimum Gasteiger partial charge on any atom is -0.478 e. The molecule has 0 amide bonds. The molecular formula is C13H15N3O3. The molecule has 1 aliphatic heterocycles. The Labute approximate surface area is 110 Å². The number of hydrogen-bond acceptors (Lipinski definition) is 4. The number of para-hydroxylation sites is 1. The summed E-state index contributed by atoms with van der Waals surface area (Å²) in [5.74, 6) is -0.950. The zero-order valence-electron chi connectivity index (χ0n) is 10.6. The molecule has 0 saturated carbocycles. The molecule has 1 aliphatic rings. The highest BCUT2D eigenvalue weighted by atomic mass is 16.5. The van der Waals surface area contributed by atoms with Crippen LogP contribution in [0.25, 0.3) is 11.0 Å². The summed E-state index contributed by atoms with van der Waals surface area (Å²) in [5.41, 5.74) is 1.48. The van der Waals surface area contributed by atoms with Crippen LogP contribution < -0.4 is 0 Å². The Kier molecular flexibility index (Phi) is 2.94. The largest absolute Gasteiger partial charge is 0.478 e. The zero-order valence-corrected chi connectivity index (χ0v) is 10.6. The third-order valence-electron chi connectivity index (χ3n) is 3.53. The van der Waals surface area contributed by atoms with E-state index in [0.717, 1.165) is 12.8 Å². The number of carbonyl (C=O) groups is 1. The number of nitrogens with zero attached hydrogens (tertiary/aromatic N) is 3. The van der Waals surface area contributed by atoms with Crippen molar-refractivity contribution in [3.8, 4) is 0 Å². The second-order valence-corrected chi connectivity index (χ2v) is 4.87. The predicted molar refractivity (Wildman–Crippen MR) is 68.2 cm³/mol. The Morgan fingerprint density at radius 2 is 2.37 bits per heavy atom. The van der Waals surface area contributed by atoms with Gasteiger partial charge in [0.25, 0.3) is 0 Å². The van der Waals surface area contributed by atoms with Crippen LogP contribution >= 0.6 is 0 Å². The summed E-state index contributed by atoms with van der Waals surface area (Å²) < 4.78 is 7.27. The molecule has 100 valence electrons. The smallest absolute Gasteiger partial charge is 0.337 e. The molecule has 6 heteroatoms. The van der Waals surface area contributed by atoms with Crippen molar-refractivity contribution in [3.63, 3.8) is 0 Å². The highest BCUT2D eigenvalue weighted by molar-refractivity contribution is 6.00. The summed E-state index contributed by atoms with van der Waals surface area (Å²) >= 11 is 0. The third-order valence-corrected chi connectivity index (χ3v) is 3.53. The molecule has 1 N–H and O–H groups in total. The molecule has 1 fully saturated rings. The molecule has 1 aromatic heterocycles. The zero-order chi connectivity index (χ0) is 13.4. The minimum absolute atomic E-state index is 0.147. The molecule has 19 heavy (non-hydrogen) atoms. The van der Waals surface area contributed by atoms with Crippen LogP contribution in [0.2, 0.25) is 0 Å². The molecule has 0 spiro atoms. The highest BCUT2D eigenvalue weighted by Crippen LogP contribution is 2.28. The van der Waals surface area contributed by atoms with Gasteiger partial charge in [0.15, 0.2) is 0 Å². The van der Waals surface area contributed by atoms with E-state index >= 15 is 0 Å². The summed E-state index contributed by atoms with van der Waals surface area (Å²) in [4.78, 5) is 11.3. The number of hydrogen-bond donors (Lipinski definition) is 1. The van der Waals surface area contributed by atoms with E-state index in [1.165, 1.54) is 0 Å². The fourth-order valence-corrected chi connectivity index (χ4v) is 2.62. The highest BCUT2D eigenvalue weighted by Gasteiger charge is 2.25. The fourth-order valence-electron chi connectivity index (χ4n) is 2.62. The number of carboxylic acid groups (broad SMARTS) is 1. The summed E-state index contributed by atoms with van der Waals surface area (Å²) in [7, 11) is 0. The normalized spacial score (nSPS) is 23.6. The van der Waals surface area contributed by atoms with Gasteiger partial charge in [0, 0.05) is 6.61 Å². The molecule has 1 saturated heterocycles. The van der Waals surface area contributed by atoms with Crippen molar-refractivity contribution in [2.24, 2.45) is 0 Å². The molecule has 0 bridgehead atoms. The van der Waals surface area contributed by atoms with Crippen LogP contribution in [0.4, 0.5) is 0 Å². The van der Waals surface area contributed by atoms with Crippen molar-refractivity contribution in [2.75, 3.05) is 6.61 Å². The van der Waals surface area contributed by atoms with Gasteiger partial charge in [0.05, 0.1) is 17.7 Å². The number of carboxylic acids is 1. The molecule has 1 aromatic carbocycles. The van der Waals surface area contributed by atoms with E-state index < -0.39 is 5.97 Å². The average molecular weight is 261 g/mol. The quantitative estimate of drug-likeness (QED) is 0.893. The van der Waals surface area contributed by atoms with E-state index in [0.29, 0.717) is 17.6 Å². The van der Waals surface area contributed by atoms with Crippen LogP contribution in [0.5, 0.6) is 0 Å². The minimum atomic E-state index is -0.950. The van der Waals surface area contributed by atoms with Crippen LogP contribution in [0, 0.1) is 0 Å². The van der Waals surface area contributed by atoms with Crippen molar-refractivity contribution in [1.29, 1.82) is 0 Å². The average Bonchev–Trinajstić information content (AvgIpc) is 2.82. The molecular weight excluding hydrogens is 246 g/mol. The van der Waals surface area contributed by atoms with E-state index in [1.54, 1.807) is 22.9 Å². The van der Waals surface area contributed by atoms with Gasteiger partial charge < -0.3 is 9.84 Å². The van der Waals surface area contributed by atoms with Gasteiger partial charge in [-0.15, -0.1) is 5.10 Å². The van der Waals surface area contributed by atoms with Gasteiger partial charge >= 0.3 is 5.97 Å². The third kappa shape index (κ3) is 2.08. The Hall–Kier alpha value is -1.95. The first-order chi connectivity index (χ1) is 9.16.